The number of anilines is 2. The Balaban J connectivity index is 2.18. The standard InChI is InChI=1S/C13H11ClN4O3/c1-15-12(19)10-4-5-11(18-17-10)16-9-3-2-7(13(20)21)6-8(9)14/h2-6H,1H3,(H,15,19)(H,16,18)(H,20,21). The Morgan fingerprint density at radius 3 is 2.48 bits per heavy atom. The van der Waals surface area contributed by atoms with Gasteiger partial charge < -0.3 is 15.7 Å². The summed E-state index contributed by atoms with van der Waals surface area (Å²) < 4.78 is 0. The molecule has 0 spiro atoms. The minimum absolute atomic E-state index is 0.0894. The van der Waals surface area contributed by atoms with Crippen molar-refractivity contribution in [3.63, 3.8) is 0 Å². The van der Waals surface area contributed by atoms with E-state index in [1.54, 1.807) is 6.07 Å². The summed E-state index contributed by atoms with van der Waals surface area (Å²) in [6.07, 6.45) is 0. The Morgan fingerprint density at radius 2 is 1.95 bits per heavy atom. The number of nitrogens with zero attached hydrogens (tertiary/aromatic N) is 2. The molecule has 0 aliphatic rings. The molecule has 1 aromatic heterocycles. The fraction of sp³-hybridized carbons (Fsp3) is 0.0769. The summed E-state index contributed by atoms with van der Waals surface area (Å²) in [5, 5.41) is 22.0. The number of carboxylic acid groups (broad SMARTS) is 1. The van der Waals surface area contributed by atoms with Crippen LogP contribution in [0.3, 0.4) is 0 Å². The van der Waals surface area contributed by atoms with E-state index in [1.165, 1.54) is 31.3 Å². The van der Waals surface area contributed by atoms with Crippen LogP contribution in [-0.4, -0.2) is 34.2 Å². The summed E-state index contributed by atoms with van der Waals surface area (Å²) in [7, 11) is 1.50. The van der Waals surface area contributed by atoms with Gasteiger partial charge in [0.2, 0.25) is 0 Å². The maximum Gasteiger partial charge on any atom is 0.335 e. The van der Waals surface area contributed by atoms with Crippen molar-refractivity contribution >= 4 is 35.0 Å². The molecule has 0 unspecified atom stereocenters. The lowest BCUT2D eigenvalue weighted by molar-refractivity contribution is 0.0696. The van der Waals surface area contributed by atoms with Crippen molar-refractivity contribution in [3.05, 3.63) is 46.6 Å². The second-order valence-electron chi connectivity index (χ2n) is 4.01. The molecule has 2 rings (SSSR count). The lowest BCUT2D eigenvalue weighted by Crippen LogP contribution is -2.19. The van der Waals surface area contributed by atoms with Crippen molar-refractivity contribution in [1.82, 2.24) is 15.5 Å². The summed E-state index contributed by atoms with van der Waals surface area (Å²) in [6.45, 7) is 0. The summed E-state index contributed by atoms with van der Waals surface area (Å²) in [4.78, 5) is 22.1. The van der Waals surface area contributed by atoms with Gasteiger partial charge >= 0.3 is 5.97 Å². The van der Waals surface area contributed by atoms with Gasteiger partial charge in [-0.3, -0.25) is 4.79 Å². The molecule has 2 aromatic rings. The SMILES string of the molecule is CNC(=O)c1ccc(Nc2ccc(C(=O)O)cc2Cl)nn1. The van der Waals surface area contributed by atoms with E-state index < -0.39 is 5.97 Å². The van der Waals surface area contributed by atoms with Crippen LogP contribution in [0, 0.1) is 0 Å². The third-order valence-corrected chi connectivity index (χ3v) is 2.92. The van der Waals surface area contributed by atoms with E-state index in [0.29, 0.717) is 11.5 Å². The average Bonchev–Trinajstić information content (AvgIpc) is 2.49. The van der Waals surface area contributed by atoms with Crippen LogP contribution in [0.4, 0.5) is 11.5 Å². The van der Waals surface area contributed by atoms with Crippen molar-refractivity contribution in [2.75, 3.05) is 12.4 Å². The number of aromatic carboxylic acids is 1. The smallest absolute Gasteiger partial charge is 0.335 e. The van der Waals surface area contributed by atoms with Gasteiger partial charge in [0.15, 0.2) is 11.5 Å². The minimum Gasteiger partial charge on any atom is -0.478 e. The molecular formula is C13H11ClN4O3. The summed E-state index contributed by atoms with van der Waals surface area (Å²) in [5.74, 6) is -1.01. The molecule has 0 aliphatic carbocycles. The monoisotopic (exact) mass is 306 g/mol. The first-order valence-electron chi connectivity index (χ1n) is 5.87. The summed E-state index contributed by atoms with van der Waals surface area (Å²) in [5.41, 5.74) is 0.769. The second-order valence-corrected chi connectivity index (χ2v) is 4.41. The van der Waals surface area contributed by atoms with Gasteiger partial charge in [-0.15, -0.1) is 10.2 Å². The van der Waals surface area contributed by atoms with E-state index >= 15 is 0 Å². The molecule has 0 fully saturated rings. The Kier molecular flexibility index (Phi) is 4.34. The Bertz CT molecular complexity index is 688. The number of hydrogen-bond acceptors (Lipinski definition) is 5. The third-order valence-electron chi connectivity index (χ3n) is 2.60. The molecule has 8 heteroatoms. The average molecular weight is 307 g/mol. The molecule has 3 N–H and O–H groups in total. The van der Waals surface area contributed by atoms with Crippen LogP contribution in [0.5, 0.6) is 0 Å². The van der Waals surface area contributed by atoms with Gasteiger partial charge in [-0.05, 0) is 30.3 Å². The van der Waals surface area contributed by atoms with Gasteiger partial charge in [0.1, 0.15) is 0 Å². The van der Waals surface area contributed by atoms with Crippen LogP contribution in [0.15, 0.2) is 30.3 Å². The molecular weight excluding hydrogens is 296 g/mol. The highest BCUT2D eigenvalue weighted by molar-refractivity contribution is 6.33. The molecule has 21 heavy (non-hydrogen) atoms. The first kappa shape index (κ1) is 14.7. The zero-order valence-corrected chi connectivity index (χ0v) is 11.7. The van der Waals surface area contributed by atoms with Gasteiger partial charge in [-0.1, -0.05) is 11.6 Å². The van der Waals surface area contributed by atoms with Gasteiger partial charge in [-0.25, -0.2) is 4.79 Å². The molecule has 7 nitrogen and oxygen atoms in total. The maximum atomic E-state index is 11.3. The van der Waals surface area contributed by atoms with E-state index in [2.05, 4.69) is 20.8 Å². The highest BCUT2D eigenvalue weighted by Gasteiger charge is 2.09. The van der Waals surface area contributed by atoms with Gasteiger partial charge in [0, 0.05) is 7.05 Å². The van der Waals surface area contributed by atoms with Gasteiger partial charge in [0.05, 0.1) is 16.3 Å². The number of halogens is 1. The summed E-state index contributed by atoms with van der Waals surface area (Å²) in [6, 6.07) is 7.36. The molecule has 0 atom stereocenters. The Hall–Kier alpha value is -2.67. The largest absolute Gasteiger partial charge is 0.478 e. The lowest BCUT2D eigenvalue weighted by atomic mass is 10.2. The summed E-state index contributed by atoms with van der Waals surface area (Å²) >= 11 is 5.99. The van der Waals surface area contributed by atoms with Crippen molar-refractivity contribution < 1.29 is 14.7 Å². The fourth-order valence-electron chi connectivity index (χ4n) is 1.54. The quantitative estimate of drug-likeness (QED) is 0.797. The predicted molar refractivity (Wildman–Crippen MR) is 77.1 cm³/mol. The fourth-order valence-corrected chi connectivity index (χ4v) is 1.76. The molecule has 1 aromatic carbocycles. The molecule has 0 saturated heterocycles. The van der Waals surface area contributed by atoms with E-state index in [4.69, 9.17) is 16.7 Å². The van der Waals surface area contributed by atoms with Crippen LogP contribution in [0.2, 0.25) is 5.02 Å². The number of carbonyl (C=O) groups is 2. The van der Waals surface area contributed by atoms with Crippen molar-refractivity contribution in [1.29, 1.82) is 0 Å². The number of benzene rings is 1. The molecule has 0 radical (unpaired) electrons. The van der Waals surface area contributed by atoms with E-state index in [0.717, 1.165) is 0 Å². The molecule has 0 bridgehead atoms. The maximum absolute atomic E-state index is 11.3. The van der Waals surface area contributed by atoms with E-state index in [-0.39, 0.29) is 22.2 Å². The number of amides is 1. The minimum atomic E-state index is -1.06. The van der Waals surface area contributed by atoms with Crippen molar-refractivity contribution in [2.24, 2.45) is 0 Å². The second kappa shape index (κ2) is 6.19. The number of hydrogen-bond donors (Lipinski definition) is 3. The van der Waals surface area contributed by atoms with E-state index in [1.807, 2.05) is 0 Å². The topological polar surface area (TPSA) is 104 Å². The normalized spacial score (nSPS) is 10.0. The van der Waals surface area contributed by atoms with Gasteiger partial charge in [0.25, 0.3) is 5.91 Å². The molecule has 0 saturated carbocycles. The first-order chi connectivity index (χ1) is 10.0. The zero-order valence-electron chi connectivity index (χ0n) is 10.9. The van der Waals surface area contributed by atoms with E-state index in [9.17, 15) is 9.59 Å². The van der Waals surface area contributed by atoms with Crippen LogP contribution in [0.25, 0.3) is 0 Å². The number of nitrogens with one attached hydrogen (secondary N) is 2. The molecule has 0 aliphatic heterocycles. The molecule has 1 amide bonds. The first-order valence-corrected chi connectivity index (χ1v) is 6.24. The number of aromatic nitrogens is 2. The lowest BCUT2D eigenvalue weighted by Gasteiger charge is -2.08. The zero-order chi connectivity index (χ0) is 15.4. The van der Waals surface area contributed by atoms with Crippen LogP contribution in [-0.2, 0) is 0 Å². The van der Waals surface area contributed by atoms with Crippen LogP contribution in [0.1, 0.15) is 20.8 Å². The van der Waals surface area contributed by atoms with Crippen LogP contribution >= 0.6 is 11.6 Å². The molecule has 1 heterocycles. The van der Waals surface area contributed by atoms with Crippen molar-refractivity contribution in [3.8, 4) is 0 Å². The highest BCUT2D eigenvalue weighted by atomic mass is 35.5. The predicted octanol–water partition coefficient (Wildman–Crippen LogP) is 1.93. The Morgan fingerprint density at radius 1 is 1.19 bits per heavy atom. The van der Waals surface area contributed by atoms with Crippen LogP contribution < -0.4 is 10.6 Å². The number of rotatable bonds is 4. The number of carbonyl (C=O) groups excluding carboxylic acids is 1. The van der Waals surface area contributed by atoms with Crippen molar-refractivity contribution in [2.45, 2.75) is 0 Å². The highest BCUT2D eigenvalue weighted by Crippen LogP contribution is 2.25. The Labute approximate surface area is 125 Å². The molecule has 108 valence electrons. The van der Waals surface area contributed by atoms with Gasteiger partial charge in [-0.2, -0.15) is 0 Å². The number of carboxylic acids is 1. The third kappa shape index (κ3) is 3.46.